The lowest BCUT2D eigenvalue weighted by atomic mass is 10.2. The summed E-state index contributed by atoms with van der Waals surface area (Å²) in [4.78, 5) is 10.8. The van der Waals surface area contributed by atoms with Crippen LogP contribution in [-0.4, -0.2) is 10.9 Å². The maximum atomic E-state index is 10.8. The summed E-state index contributed by atoms with van der Waals surface area (Å²) in [6.45, 7) is 0. The first-order valence-corrected chi connectivity index (χ1v) is 4.73. The highest BCUT2D eigenvalue weighted by Gasteiger charge is 2.10. The number of aryl methyl sites for hydroxylation is 1. The number of carbonyl (C=O) groups is 1. The first kappa shape index (κ1) is 8.51. The van der Waals surface area contributed by atoms with Gasteiger partial charge in [0.15, 0.2) is 6.29 Å². The Hall–Kier alpha value is -1.09. The van der Waals surface area contributed by atoms with Crippen molar-refractivity contribution in [2.45, 2.75) is 0 Å². The quantitative estimate of drug-likeness (QED) is 0.700. The Labute approximate surface area is 84.3 Å². The Balaban J connectivity index is 2.98. The van der Waals surface area contributed by atoms with E-state index < -0.39 is 0 Å². The first-order valence-electron chi connectivity index (χ1n) is 3.94. The summed E-state index contributed by atoms with van der Waals surface area (Å²) in [7, 11) is 1.93. The number of hydrogen-bond acceptors (Lipinski definition) is 1. The molecule has 2 rings (SSSR count). The maximum Gasteiger partial charge on any atom is 0.153 e. The lowest BCUT2D eigenvalue weighted by Crippen LogP contribution is -1.86. The molecule has 0 saturated heterocycles. The largest absolute Gasteiger partial charge is 0.338 e. The lowest BCUT2D eigenvalue weighted by Gasteiger charge is -1.95. The molecular weight excluding hydrogens is 230 g/mol. The van der Waals surface area contributed by atoms with Crippen molar-refractivity contribution in [2.75, 3.05) is 0 Å². The minimum atomic E-state index is 0.720. The normalized spacial score (nSPS) is 10.6. The summed E-state index contributed by atoms with van der Waals surface area (Å²) in [5.74, 6) is 0. The van der Waals surface area contributed by atoms with E-state index >= 15 is 0 Å². The number of halogens is 1. The van der Waals surface area contributed by atoms with Gasteiger partial charge in [0.1, 0.15) is 0 Å². The molecule has 1 aromatic carbocycles. The summed E-state index contributed by atoms with van der Waals surface area (Å²) < 4.78 is 2.79. The second-order valence-electron chi connectivity index (χ2n) is 2.90. The van der Waals surface area contributed by atoms with Gasteiger partial charge >= 0.3 is 0 Å². The van der Waals surface area contributed by atoms with E-state index in [0.29, 0.717) is 0 Å². The number of hydrogen-bond donors (Lipinski definition) is 0. The number of rotatable bonds is 1. The first-order chi connectivity index (χ1) is 6.25. The molecule has 0 fully saturated rings. The van der Waals surface area contributed by atoms with Crippen LogP contribution in [0.25, 0.3) is 10.9 Å². The van der Waals surface area contributed by atoms with Crippen molar-refractivity contribution in [2.24, 2.45) is 7.05 Å². The molecule has 0 radical (unpaired) electrons. The fourth-order valence-electron chi connectivity index (χ4n) is 1.50. The van der Waals surface area contributed by atoms with Gasteiger partial charge in [0.25, 0.3) is 0 Å². The third kappa shape index (κ3) is 1.11. The second kappa shape index (κ2) is 3.00. The molecule has 3 heteroatoms. The number of benzene rings is 1. The van der Waals surface area contributed by atoms with Crippen LogP contribution in [0.2, 0.25) is 0 Å². The van der Waals surface area contributed by atoms with Crippen LogP contribution >= 0.6 is 15.9 Å². The van der Waals surface area contributed by atoms with Crippen LogP contribution in [0.4, 0.5) is 0 Å². The van der Waals surface area contributed by atoms with Gasteiger partial charge < -0.3 is 4.57 Å². The number of carbonyl (C=O) groups excluding carboxylic acids is 1. The van der Waals surface area contributed by atoms with Gasteiger partial charge in [-0.1, -0.05) is 18.2 Å². The van der Waals surface area contributed by atoms with Crippen molar-refractivity contribution >= 4 is 33.1 Å². The molecule has 2 aromatic rings. The molecule has 0 atom stereocenters. The van der Waals surface area contributed by atoms with Crippen molar-refractivity contribution in [3.63, 3.8) is 0 Å². The molecule has 2 nitrogen and oxygen atoms in total. The molecule has 0 unspecified atom stereocenters. The van der Waals surface area contributed by atoms with Crippen molar-refractivity contribution < 1.29 is 4.79 Å². The third-order valence-corrected chi connectivity index (χ3v) is 3.15. The highest BCUT2D eigenvalue weighted by molar-refractivity contribution is 9.10. The van der Waals surface area contributed by atoms with Crippen LogP contribution < -0.4 is 0 Å². The van der Waals surface area contributed by atoms with E-state index in [0.717, 1.165) is 27.4 Å². The summed E-state index contributed by atoms with van der Waals surface area (Å²) >= 11 is 3.39. The Kier molecular flexibility index (Phi) is 1.96. The van der Waals surface area contributed by atoms with Crippen molar-refractivity contribution in [3.8, 4) is 0 Å². The molecule has 0 amide bonds. The van der Waals surface area contributed by atoms with Crippen LogP contribution in [0.1, 0.15) is 10.4 Å². The summed E-state index contributed by atoms with van der Waals surface area (Å²) in [5, 5.41) is 0.992. The van der Waals surface area contributed by atoms with Crippen LogP contribution in [0, 0.1) is 0 Å². The monoisotopic (exact) mass is 237 g/mol. The molecule has 0 bridgehead atoms. The maximum absolute atomic E-state index is 10.8. The molecule has 0 aliphatic heterocycles. The van der Waals surface area contributed by atoms with Gasteiger partial charge in [-0.2, -0.15) is 0 Å². The van der Waals surface area contributed by atoms with E-state index in [4.69, 9.17) is 0 Å². The van der Waals surface area contributed by atoms with E-state index in [1.54, 1.807) is 0 Å². The molecule has 0 N–H and O–H groups in total. The van der Waals surface area contributed by atoms with E-state index in [1.807, 2.05) is 35.9 Å². The average Bonchev–Trinajstić information content (AvgIpc) is 2.41. The Morgan fingerprint density at radius 3 is 2.77 bits per heavy atom. The fraction of sp³-hybridized carbons (Fsp3) is 0.100. The highest BCUT2D eigenvalue weighted by atomic mass is 79.9. The summed E-state index contributed by atoms with van der Waals surface area (Å²) in [6.07, 6.45) is 0.881. The molecule has 13 heavy (non-hydrogen) atoms. The number of para-hydroxylation sites is 1. The Bertz CT molecular complexity index is 473. The number of aromatic nitrogens is 1. The van der Waals surface area contributed by atoms with Gasteiger partial charge in [-0.05, 0) is 22.0 Å². The minimum absolute atomic E-state index is 0.720. The van der Waals surface area contributed by atoms with Crippen LogP contribution in [0.5, 0.6) is 0 Å². The molecule has 0 aliphatic rings. The second-order valence-corrected chi connectivity index (χ2v) is 3.65. The topological polar surface area (TPSA) is 22.0 Å². The SMILES string of the molecule is Cn1c(Br)c(C=O)c2ccccc21. The molecule has 1 aromatic heterocycles. The summed E-state index contributed by atoms with van der Waals surface area (Å²) in [5.41, 5.74) is 1.79. The zero-order valence-electron chi connectivity index (χ0n) is 7.12. The minimum Gasteiger partial charge on any atom is -0.338 e. The summed E-state index contributed by atoms with van der Waals surface area (Å²) in [6, 6.07) is 7.84. The average molecular weight is 238 g/mol. The molecule has 0 aliphatic carbocycles. The molecular formula is C10H8BrNO. The van der Waals surface area contributed by atoms with Gasteiger partial charge in [-0.3, -0.25) is 4.79 Å². The molecule has 0 spiro atoms. The fourth-order valence-corrected chi connectivity index (χ4v) is 2.00. The Morgan fingerprint density at radius 1 is 1.38 bits per heavy atom. The van der Waals surface area contributed by atoms with Crippen molar-refractivity contribution in [3.05, 3.63) is 34.4 Å². The number of fused-ring (bicyclic) bond motifs is 1. The van der Waals surface area contributed by atoms with Crippen LogP contribution in [-0.2, 0) is 7.05 Å². The third-order valence-electron chi connectivity index (χ3n) is 2.19. The van der Waals surface area contributed by atoms with E-state index in [2.05, 4.69) is 15.9 Å². The number of nitrogens with zero attached hydrogens (tertiary/aromatic N) is 1. The van der Waals surface area contributed by atoms with Crippen molar-refractivity contribution in [1.82, 2.24) is 4.57 Å². The van der Waals surface area contributed by atoms with E-state index in [-0.39, 0.29) is 0 Å². The van der Waals surface area contributed by atoms with Crippen LogP contribution in [0.3, 0.4) is 0 Å². The predicted molar refractivity (Wildman–Crippen MR) is 56.0 cm³/mol. The van der Waals surface area contributed by atoms with Gasteiger partial charge in [-0.25, -0.2) is 0 Å². The van der Waals surface area contributed by atoms with Gasteiger partial charge in [0.05, 0.1) is 10.2 Å². The molecule has 1 heterocycles. The lowest BCUT2D eigenvalue weighted by molar-refractivity contribution is 0.112. The van der Waals surface area contributed by atoms with Gasteiger partial charge in [0.2, 0.25) is 0 Å². The zero-order valence-corrected chi connectivity index (χ0v) is 8.71. The Morgan fingerprint density at radius 2 is 2.08 bits per heavy atom. The van der Waals surface area contributed by atoms with Gasteiger partial charge in [0, 0.05) is 18.0 Å². The van der Waals surface area contributed by atoms with E-state index in [1.165, 1.54) is 0 Å². The molecule has 0 saturated carbocycles. The van der Waals surface area contributed by atoms with E-state index in [9.17, 15) is 4.79 Å². The zero-order chi connectivity index (χ0) is 9.42. The standard InChI is InChI=1S/C10H8BrNO/c1-12-9-5-3-2-4-7(9)8(6-13)10(12)11/h2-6H,1H3. The van der Waals surface area contributed by atoms with Gasteiger partial charge in [-0.15, -0.1) is 0 Å². The number of aldehydes is 1. The molecule has 66 valence electrons. The highest BCUT2D eigenvalue weighted by Crippen LogP contribution is 2.27. The van der Waals surface area contributed by atoms with Crippen LogP contribution in [0.15, 0.2) is 28.9 Å². The van der Waals surface area contributed by atoms with Crippen molar-refractivity contribution in [1.29, 1.82) is 0 Å². The predicted octanol–water partition coefficient (Wildman–Crippen LogP) is 2.75. The smallest absolute Gasteiger partial charge is 0.153 e.